The predicted octanol–water partition coefficient (Wildman–Crippen LogP) is 1.87. The minimum atomic E-state index is -0.511. The zero-order valence-electron chi connectivity index (χ0n) is 16.3. The highest BCUT2D eigenvalue weighted by Crippen LogP contribution is 2.23. The minimum Gasteiger partial charge on any atom is -0.369 e. The van der Waals surface area contributed by atoms with Crippen LogP contribution in [0.5, 0.6) is 0 Å². The number of nitrogens with one attached hydrogen (secondary N) is 2. The quantitative estimate of drug-likeness (QED) is 0.266. The summed E-state index contributed by atoms with van der Waals surface area (Å²) in [7, 11) is 0. The molecule has 0 radical (unpaired) electrons. The molecule has 11 heteroatoms. The van der Waals surface area contributed by atoms with Gasteiger partial charge in [-0.15, -0.1) is 0 Å². The van der Waals surface area contributed by atoms with Gasteiger partial charge in [-0.1, -0.05) is 12.1 Å². The second-order valence-electron chi connectivity index (χ2n) is 6.41. The van der Waals surface area contributed by atoms with E-state index in [0.29, 0.717) is 41.7 Å². The van der Waals surface area contributed by atoms with Crippen molar-refractivity contribution in [3.63, 3.8) is 0 Å². The van der Waals surface area contributed by atoms with Crippen LogP contribution in [-0.2, 0) is 11.2 Å². The molecule has 0 fully saturated rings. The number of nitriles is 1. The zero-order valence-corrected chi connectivity index (χ0v) is 16.3. The van der Waals surface area contributed by atoms with E-state index < -0.39 is 10.8 Å². The molecule has 0 saturated heterocycles. The summed E-state index contributed by atoms with van der Waals surface area (Å²) in [6, 6.07) is 11.8. The number of nitro groups is 1. The van der Waals surface area contributed by atoms with E-state index in [-0.39, 0.29) is 12.1 Å². The van der Waals surface area contributed by atoms with E-state index in [1.54, 1.807) is 30.5 Å². The Morgan fingerprint density at radius 3 is 2.45 bits per heavy atom. The summed E-state index contributed by atoms with van der Waals surface area (Å²) < 4.78 is 0. The highest BCUT2D eigenvalue weighted by Gasteiger charge is 2.12. The number of pyridine rings is 1. The summed E-state index contributed by atoms with van der Waals surface area (Å²) in [6.45, 7) is 0.907. The Kier molecular flexibility index (Phi) is 6.64. The van der Waals surface area contributed by atoms with Gasteiger partial charge in [-0.3, -0.25) is 14.9 Å². The average molecular weight is 418 g/mol. The number of amides is 1. The predicted molar refractivity (Wildman–Crippen MR) is 113 cm³/mol. The van der Waals surface area contributed by atoms with Crippen molar-refractivity contribution < 1.29 is 9.72 Å². The van der Waals surface area contributed by atoms with Crippen LogP contribution in [0.4, 0.5) is 17.5 Å². The molecule has 0 bridgehead atoms. The average Bonchev–Trinajstić information content (AvgIpc) is 2.77. The SMILES string of the molecule is N#Cc1ccc(-c2nc(NCCNc3ccc([N+](=O)[O-])cn3)ncc2CC(N)=O)cc1. The third-order valence-electron chi connectivity index (χ3n) is 4.19. The second-order valence-corrected chi connectivity index (χ2v) is 6.41. The maximum Gasteiger partial charge on any atom is 0.287 e. The highest BCUT2D eigenvalue weighted by molar-refractivity contribution is 5.79. The fourth-order valence-electron chi connectivity index (χ4n) is 2.73. The molecule has 11 nitrogen and oxygen atoms in total. The van der Waals surface area contributed by atoms with Gasteiger partial charge < -0.3 is 16.4 Å². The molecule has 0 spiro atoms. The Morgan fingerprint density at radius 2 is 1.84 bits per heavy atom. The minimum absolute atomic E-state index is 0.0109. The van der Waals surface area contributed by atoms with Crippen molar-refractivity contribution in [1.82, 2.24) is 15.0 Å². The molecule has 2 aromatic heterocycles. The van der Waals surface area contributed by atoms with Gasteiger partial charge in [-0.2, -0.15) is 5.26 Å². The van der Waals surface area contributed by atoms with Crippen molar-refractivity contribution in [2.75, 3.05) is 23.7 Å². The molecule has 2 heterocycles. The van der Waals surface area contributed by atoms with Crippen molar-refractivity contribution in [1.29, 1.82) is 5.26 Å². The molecular weight excluding hydrogens is 400 g/mol. The first-order chi connectivity index (χ1) is 15.0. The lowest BCUT2D eigenvalue weighted by atomic mass is 10.0. The lowest BCUT2D eigenvalue weighted by Gasteiger charge is -2.11. The monoisotopic (exact) mass is 418 g/mol. The molecule has 0 saturated carbocycles. The summed E-state index contributed by atoms with van der Waals surface area (Å²) in [6.07, 6.45) is 2.71. The van der Waals surface area contributed by atoms with Crippen molar-refractivity contribution in [2.24, 2.45) is 5.73 Å². The number of hydrogen-bond acceptors (Lipinski definition) is 9. The number of primary amides is 1. The lowest BCUT2D eigenvalue weighted by Crippen LogP contribution is -2.17. The number of carbonyl (C=O) groups is 1. The molecule has 0 aliphatic rings. The Hall–Kier alpha value is -4.59. The molecule has 156 valence electrons. The van der Waals surface area contributed by atoms with E-state index in [1.807, 2.05) is 0 Å². The maximum absolute atomic E-state index is 11.4. The Bertz CT molecular complexity index is 1120. The Morgan fingerprint density at radius 1 is 1.10 bits per heavy atom. The molecule has 0 aliphatic carbocycles. The molecule has 0 aliphatic heterocycles. The molecule has 1 amide bonds. The highest BCUT2D eigenvalue weighted by atomic mass is 16.6. The van der Waals surface area contributed by atoms with E-state index in [9.17, 15) is 14.9 Å². The molecule has 1 aromatic carbocycles. The van der Waals surface area contributed by atoms with Gasteiger partial charge in [-0.05, 0) is 18.2 Å². The number of carbonyl (C=O) groups excluding carboxylic acids is 1. The number of hydrogen-bond donors (Lipinski definition) is 3. The van der Waals surface area contributed by atoms with Gasteiger partial charge in [0.05, 0.1) is 28.7 Å². The van der Waals surface area contributed by atoms with Gasteiger partial charge in [0.15, 0.2) is 0 Å². The molecule has 3 rings (SSSR count). The number of benzene rings is 1. The van der Waals surface area contributed by atoms with E-state index in [0.717, 1.165) is 5.56 Å². The van der Waals surface area contributed by atoms with Gasteiger partial charge in [0, 0.05) is 36.5 Å². The number of aromatic nitrogens is 3. The van der Waals surface area contributed by atoms with Gasteiger partial charge in [0.25, 0.3) is 5.69 Å². The normalized spacial score (nSPS) is 10.2. The van der Waals surface area contributed by atoms with Crippen molar-refractivity contribution >= 4 is 23.4 Å². The van der Waals surface area contributed by atoms with Crippen LogP contribution in [-0.4, -0.2) is 38.9 Å². The zero-order chi connectivity index (χ0) is 22.2. The molecule has 0 unspecified atom stereocenters. The summed E-state index contributed by atoms with van der Waals surface area (Å²) in [5, 5.41) is 25.7. The number of rotatable bonds is 9. The van der Waals surface area contributed by atoms with Crippen molar-refractivity contribution in [2.45, 2.75) is 6.42 Å². The fraction of sp³-hybridized carbons (Fsp3) is 0.150. The lowest BCUT2D eigenvalue weighted by molar-refractivity contribution is -0.385. The van der Waals surface area contributed by atoms with E-state index in [2.05, 4.69) is 31.7 Å². The van der Waals surface area contributed by atoms with Crippen LogP contribution in [0, 0.1) is 21.4 Å². The first-order valence-corrected chi connectivity index (χ1v) is 9.19. The first kappa shape index (κ1) is 21.1. The van der Waals surface area contributed by atoms with Gasteiger partial charge in [0.2, 0.25) is 11.9 Å². The van der Waals surface area contributed by atoms with Gasteiger partial charge in [0.1, 0.15) is 12.0 Å². The van der Waals surface area contributed by atoms with Crippen LogP contribution in [0.2, 0.25) is 0 Å². The summed E-state index contributed by atoms with van der Waals surface area (Å²) >= 11 is 0. The van der Waals surface area contributed by atoms with Crippen molar-refractivity contribution in [3.8, 4) is 17.3 Å². The summed E-state index contributed by atoms with van der Waals surface area (Å²) in [5.41, 5.74) is 7.62. The second kappa shape index (κ2) is 9.75. The van der Waals surface area contributed by atoms with Crippen LogP contribution in [0.1, 0.15) is 11.1 Å². The number of anilines is 2. The van der Waals surface area contributed by atoms with Gasteiger partial charge in [-0.25, -0.2) is 15.0 Å². The van der Waals surface area contributed by atoms with Gasteiger partial charge >= 0.3 is 0 Å². The number of nitrogens with two attached hydrogens (primary N) is 1. The topological polar surface area (TPSA) is 173 Å². The molecule has 3 aromatic rings. The summed E-state index contributed by atoms with van der Waals surface area (Å²) in [5.74, 6) is 0.355. The smallest absolute Gasteiger partial charge is 0.287 e. The fourth-order valence-corrected chi connectivity index (χ4v) is 2.73. The molecular formula is C20H18N8O3. The molecule has 31 heavy (non-hydrogen) atoms. The van der Waals surface area contributed by atoms with Crippen LogP contribution in [0.15, 0.2) is 48.8 Å². The van der Waals surface area contributed by atoms with E-state index in [4.69, 9.17) is 11.0 Å². The molecule has 0 atom stereocenters. The van der Waals surface area contributed by atoms with Crippen LogP contribution in [0.25, 0.3) is 11.3 Å². The van der Waals surface area contributed by atoms with Crippen LogP contribution >= 0.6 is 0 Å². The largest absolute Gasteiger partial charge is 0.369 e. The maximum atomic E-state index is 11.4. The van der Waals surface area contributed by atoms with Crippen molar-refractivity contribution in [3.05, 3.63) is 70.0 Å². The Balaban J connectivity index is 1.67. The third-order valence-corrected chi connectivity index (χ3v) is 4.19. The Labute approximate surface area is 177 Å². The van der Waals surface area contributed by atoms with E-state index in [1.165, 1.54) is 18.3 Å². The van der Waals surface area contributed by atoms with Crippen LogP contribution in [0.3, 0.4) is 0 Å². The van der Waals surface area contributed by atoms with E-state index >= 15 is 0 Å². The summed E-state index contributed by atoms with van der Waals surface area (Å²) in [4.78, 5) is 34.2. The number of nitrogens with zero attached hydrogens (tertiary/aromatic N) is 5. The van der Waals surface area contributed by atoms with Crippen LogP contribution < -0.4 is 16.4 Å². The third kappa shape index (κ3) is 5.70. The first-order valence-electron chi connectivity index (χ1n) is 9.19. The molecule has 4 N–H and O–H groups in total. The standard InChI is InChI=1S/C20H18N8O3/c21-10-13-1-3-14(4-2-13)19-15(9-17(22)29)11-26-20(27-19)24-8-7-23-18-6-5-16(12-25-18)28(30)31/h1-6,11-12H,7-9H2,(H2,22,29)(H,23,25)(H,24,26,27).